The Labute approximate surface area is 133 Å². The van der Waals surface area contributed by atoms with Gasteiger partial charge in [-0.1, -0.05) is 18.2 Å². The molecule has 4 nitrogen and oxygen atoms in total. The maximum absolute atomic E-state index is 12.1. The minimum atomic E-state index is 0. The molecule has 1 aromatic carbocycles. The molecule has 21 heavy (non-hydrogen) atoms. The van der Waals surface area contributed by atoms with Crippen molar-refractivity contribution < 1.29 is 9.53 Å². The molecular formula is C16H25ClN2O2. The van der Waals surface area contributed by atoms with Crippen molar-refractivity contribution in [2.75, 3.05) is 26.2 Å². The number of rotatable bonds is 5. The molecule has 1 atom stereocenters. The fourth-order valence-corrected chi connectivity index (χ4v) is 2.44. The first-order chi connectivity index (χ1) is 9.66. The highest BCUT2D eigenvalue weighted by Crippen LogP contribution is 2.16. The van der Waals surface area contributed by atoms with Gasteiger partial charge in [-0.15, -0.1) is 12.4 Å². The second-order valence-corrected chi connectivity index (χ2v) is 5.41. The van der Waals surface area contributed by atoms with E-state index < -0.39 is 0 Å². The lowest BCUT2D eigenvalue weighted by atomic mass is 10.2. The average molecular weight is 313 g/mol. The van der Waals surface area contributed by atoms with Crippen molar-refractivity contribution in [3.05, 3.63) is 29.8 Å². The summed E-state index contributed by atoms with van der Waals surface area (Å²) in [6.07, 6.45) is 1.34. The number of halogens is 1. The zero-order valence-electron chi connectivity index (χ0n) is 12.8. The molecule has 0 spiro atoms. The van der Waals surface area contributed by atoms with E-state index in [4.69, 9.17) is 4.74 Å². The zero-order chi connectivity index (χ0) is 14.4. The van der Waals surface area contributed by atoms with Crippen LogP contribution in [0.5, 0.6) is 5.75 Å². The SMILES string of the molecule is Cc1ccccc1OCCCC(=O)N1CCNC(C)C1.Cl. The van der Waals surface area contributed by atoms with E-state index in [1.165, 1.54) is 0 Å². The number of aryl methyl sites for hydroxylation is 1. The number of carbonyl (C=O) groups is 1. The standard InChI is InChI=1S/C16H24N2O2.ClH/c1-13-6-3-4-7-15(13)20-11-5-8-16(19)18-10-9-17-14(2)12-18;/h3-4,6-7,14,17H,5,8-12H2,1-2H3;1H. The maximum atomic E-state index is 12.1. The molecule has 0 aromatic heterocycles. The molecule has 1 saturated heterocycles. The van der Waals surface area contributed by atoms with Crippen molar-refractivity contribution in [2.24, 2.45) is 0 Å². The van der Waals surface area contributed by atoms with Crippen LogP contribution >= 0.6 is 12.4 Å². The molecule has 1 unspecified atom stereocenters. The molecule has 1 aliphatic rings. The summed E-state index contributed by atoms with van der Waals surface area (Å²) >= 11 is 0. The molecule has 1 aliphatic heterocycles. The fourth-order valence-electron chi connectivity index (χ4n) is 2.44. The van der Waals surface area contributed by atoms with E-state index in [9.17, 15) is 4.79 Å². The van der Waals surface area contributed by atoms with Gasteiger partial charge in [-0.3, -0.25) is 4.79 Å². The van der Waals surface area contributed by atoms with E-state index in [-0.39, 0.29) is 18.3 Å². The Kier molecular flexibility index (Phi) is 7.54. The Morgan fingerprint density at radius 1 is 1.43 bits per heavy atom. The Morgan fingerprint density at radius 3 is 2.90 bits per heavy atom. The summed E-state index contributed by atoms with van der Waals surface area (Å²) < 4.78 is 5.71. The number of ether oxygens (including phenoxy) is 1. The first kappa shape index (κ1) is 17.8. The van der Waals surface area contributed by atoms with Crippen molar-refractivity contribution in [1.82, 2.24) is 10.2 Å². The minimum Gasteiger partial charge on any atom is -0.493 e. The fraction of sp³-hybridized carbons (Fsp3) is 0.562. The summed E-state index contributed by atoms with van der Waals surface area (Å²) in [5.74, 6) is 1.16. The van der Waals surface area contributed by atoms with E-state index in [0.29, 0.717) is 19.1 Å². The van der Waals surface area contributed by atoms with Gasteiger partial charge in [0.05, 0.1) is 6.61 Å². The monoisotopic (exact) mass is 312 g/mol. The highest BCUT2D eigenvalue weighted by molar-refractivity contribution is 5.85. The van der Waals surface area contributed by atoms with Crippen molar-refractivity contribution in [1.29, 1.82) is 0 Å². The van der Waals surface area contributed by atoms with Crippen LogP contribution in [0.4, 0.5) is 0 Å². The number of hydrogen-bond acceptors (Lipinski definition) is 3. The Balaban J connectivity index is 0.00000220. The predicted molar refractivity (Wildman–Crippen MR) is 87.2 cm³/mol. The van der Waals surface area contributed by atoms with Gasteiger partial charge in [0.25, 0.3) is 0 Å². The number of benzene rings is 1. The summed E-state index contributed by atoms with van der Waals surface area (Å²) in [6, 6.07) is 8.36. The third-order valence-electron chi connectivity index (χ3n) is 3.61. The van der Waals surface area contributed by atoms with Crippen LogP contribution in [0, 0.1) is 6.92 Å². The second-order valence-electron chi connectivity index (χ2n) is 5.41. The number of hydrogen-bond donors (Lipinski definition) is 1. The van der Waals surface area contributed by atoms with Gasteiger partial charge in [-0.25, -0.2) is 0 Å². The van der Waals surface area contributed by atoms with Gasteiger partial charge in [0.1, 0.15) is 5.75 Å². The van der Waals surface area contributed by atoms with Crippen LogP contribution in [0.25, 0.3) is 0 Å². The van der Waals surface area contributed by atoms with Gasteiger partial charge < -0.3 is 15.0 Å². The number of nitrogens with zero attached hydrogens (tertiary/aromatic N) is 1. The van der Waals surface area contributed by atoms with Crippen LogP contribution in [-0.2, 0) is 4.79 Å². The molecule has 0 radical (unpaired) electrons. The van der Waals surface area contributed by atoms with Gasteiger partial charge in [-0.2, -0.15) is 0 Å². The molecule has 0 aliphatic carbocycles. The molecule has 1 fully saturated rings. The largest absolute Gasteiger partial charge is 0.493 e. The Morgan fingerprint density at radius 2 is 2.19 bits per heavy atom. The summed E-state index contributed by atoms with van der Waals surface area (Å²) in [5, 5.41) is 3.34. The third kappa shape index (κ3) is 5.56. The van der Waals surface area contributed by atoms with Gasteiger partial charge >= 0.3 is 0 Å². The third-order valence-corrected chi connectivity index (χ3v) is 3.61. The number of nitrogens with one attached hydrogen (secondary N) is 1. The minimum absolute atomic E-state index is 0. The summed E-state index contributed by atoms with van der Waals surface area (Å²) in [5.41, 5.74) is 1.13. The molecule has 5 heteroatoms. The van der Waals surface area contributed by atoms with Crippen LogP contribution in [-0.4, -0.2) is 43.1 Å². The first-order valence-electron chi connectivity index (χ1n) is 7.36. The van der Waals surface area contributed by atoms with Gasteiger partial charge in [0.2, 0.25) is 5.91 Å². The predicted octanol–water partition coefficient (Wildman–Crippen LogP) is 2.40. The molecule has 0 saturated carbocycles. The quantitative estimate of drug-likeness (QED) is 0.849. The average Bonchev–Trinajstić information content (AvgIpc) is 2.45. The molecule has 2 rings (SSSR count). The highest BCUT2D eigenvalue weighted by atomic mass is 35.5. The van der Waals surface area contributed by atoms with E-state index in [0.717, 1.165) is 37.4 Å². The molecule has 118 valence electrons. The molecule has 1 aromatic rings. The van der Waals surface area contributed by atoms with E-state index >= 15 is 0 Å². The van der Waals surface area contributed by atoms with Gasteiger partial charge in [0, 0.05) is 32.1 Å². The van der Waals surface area contributed by atoms with Crippen LogP contribution < -0.4 is 10.1 Å². The lowest BCUT2D eigenvalue weighted by Gasteiger charge is -2.32. The van der Waals surface area contributed by atoms with Gasteiger partial charge in [0.15, 0.2) is 0 Å². The Bertz CT molecular complexity index is 454. The lowest BCUT2D eigenvalue weighted by Crippen LogP contribution is -2.51. The number of para-hydroxylation sites is 1. The van der Waals surface area contributed by atoms with Gasteiger partial charge in [-0.05, 0) is 31.9 Å². The molecular weight excluding hydrogens is 288 g/mol. The molecule has 1 heterocycles. The van der Waals surface area contributed by atoms with Crippen LogP contribution in [0.2, 0.25) is 0 Å². The number of amides is 1. The van der Waals surface area contributed by atoms with E-state index in [1.807, 2.05) is 36.1 Å². The van der Waals surface area contributed by atoms with Crippen molar-refractivity contribution in [3.8, 4) is 5.75 Å². The molecule has 0 bridgehead atoms. The lowest BCUT2D eigenvalue weighted by molar-refractivity contribution is -0.132. The van der Waals surface area contributed by atoms with E-state index in [1.54, 1.807) is 0 Å². The van der Waals surface area contributed by atoms with Crippen molar-refractivity contribution >= 4 is 18.3 Å². The summed E-state index contributed by atoms with van der Waals surface area (Å²) in [7, 11) is 0. The topological polar surface area (TPSA) is 41.6 Å². The van der Waals surface area contributed by atoms with Crippen molar-refractivity contribution in [2.45, 2.75) is 32.7 Å². The highest BCUT2D eigenvalue weighted by Gasteiger charge is 2.19. The zero-order valence-corrected chi connectivity index (χ0v) is 13.6. The van der Waals surface area contributed by atoms with Crippen LogP contribution in [0.1, 0.15) is 25.3 Å². The Hall–Kier alpha value is -1.26. The summed E-state index contributed by atoms with van der Waals surface area (Å²) in [4.78, 5) is 14.0. The van der Waals surface area contributed by atoms with Crippen LogP contribution in [0.15, 0.2) is 24.3 Å². The molecule has 1 N–H and O–H groups in total. The molecule has 1 amide bonds. The first-order valence-corrected chi connectivity index (χ1v) is 7.36. The smallest absolute Gasteiger partial charge is 0.222 e. The number of carbonyl (C=O) groups excluding carboxylic acids is 1. The van der Waals surface area contributed by atoms with Crippen molar-refractivity contribution in [3.63, 3.8) is 0 Å². The van der Waals surface area contributed by atoms with E-state index in [2.05, 4.69) is 12.2 Å². The number of piperazine rings is 1. The van der Waals surface area contributed by atoms with Crippen LogP contribution in [0.3, 0.4) is 0 Å². The second kappa shape index (κ2) is 8.90. The maximum Gasteiger partial charge on any atom is 0.222 e. The summed E-state index contributed by atoms with van der Waals surface area (Å²) in [6.45, 7) is 7.27. The normalized spacial score (nSPS) is 18.0.